The zero-order valence-electron chi connectivity index (χ0n) is 15.7. The van der Waals surface area contributed by atoms with Gasteiger partial charge in [-0.3, -0.25) is 14.9 Å². The summed E-state index contributed by atoms with van der Waals surface area (Å²) in [6, 6.07) is 11.2. The number of anilines is 1. The fourth-order valence-electron chi connectivity index (χ4n) is 2.48. The number of nitrogens with one attached hydrogen (secondary N) is 1. The van der Waals surface area contributed by atoms with Crippen LogP contribution in [0.4, 0.5) is 11.4 Å². The Morgan fingerprint density at radius 1 is 1.17 bits per heavy atom. The number of esters is 1. The average Bonchev–Trinajstić information content (AvgIpc) is 3.44. The molecule has 0 radical (unpaired) electrons. The molecule has 1 amide bonds. The fourth-order valence-corrected chi connectivity index (χ4v) is 3.87. The quantitative estimate of drug-likeness (QED) is 0.238. The predicted octanol–water partition coefficient (Wildman–Crippen LogP) is 4.45. The number of ether oxygens (including phenoxy) is 2. The first-order valence-corrected chi connectivity index (χ1v) is 10.3. The SMILES string of the molecule is COc1ccc([N+](=O)[O-])cc1NC(=O)COC(=O)/C(=C/c1cccs1)c1cccs1. The number of hydrogen-bond donors (Lipinski definition) is 1. The van der Waals surface area contributed by atoms with E-state index in [0.717, 1.165) is 4.88 Å². The van der Waals surface area contributed by atoms with E-state index in [4.69, 9.17) is 9.47 Å². The first-order chi connectivity index (χ1) is 14.5. The molecule has 0 aliphatic rings. The molecule has 1 N–H and O–H groups in total. The third-order valence-electron chi connectivity index (χ3n) is 3.84. The molecule has 3 aromatic rings. The van der Waals surface area contributed by atoms with Crippen LogP contribution in [0.3, 0.4) is 0 Å². The molecule has 30 heavy (non-hydrogen) atoms. The van der Waals surface area contributed by atoms with Crippen LogP contribution < -0.4 is 10.1 Å². The van der Waals surface area contributed by atoms with Gasteiger partial charge in [-0.2, -0.15) is 0 Å². The second-order valence-corrected chi connectivity index (χ2v) is 7.74. The number of nitro groups is 1. The molecule has 0 aliphatic heterocycles. The van der Waals surface area contributed by atoms with Gasteiger partial charge in [-0.25, -0.2) is 4.79 Å². The summed E-state index contributed by atoms with van der Waals surface area (Å²) in [7, 11) is 1.37. The van der Waals surface area contributed by atoms with Gasteiger partial charge in [-0.15, -0.1) is 22.7 Å². The maximum atomic E-state index is 12.6. The topological polar surface area (TPSA) is 108 Å². The number of nitrogens with zero attached hydrogens (tertiary/aromatic N) is 1. The molecular weight excluding hydrogens is 428 g/mol. The van der Waals surface area contributed by atoms with Crippen molar-refractivity contribution in [2.24, 2.45) is 0 Å². The predicted molar refractivity (Wildman–Crippen MR) is 116 cm³/mol. The van der Waals surface area contributed by atoms with Gasteiger partial charge in [0.25, 0.3) is 11.6 Å². The van der Waals surface area contributed by atoms with Gasteiger partial charge in [-0.1, -0.05) is 12.1 Å². The summed E-state index contributed by atoms with van der Waals surface area (Å²) in [5.41, 5.74) is 0.246. The van der Waals surface area contributed by atoms with Crippen molar-refractivity contribution in [2.45, 2.75) is 0 Å². The summed E-state index contributed by atoms with van der Waals surface area (Å²) in [5.74, 6) is -1.05. The Morgan fingerprint density at radius 2 is 1.93 bits per heavy atom. The number of benzene rings is 1. The highest BCUT2D eigenvalue weighted by atomic mass is 32.1. The lowest BCUT2D eigenvalue weighted by Crippen LogP contribution is -2.21. The number of hydrogen-bond acceptors (Lipinski definition) is 8. The third-order valence-corrected chi connectivity index (χ3v) is 5.56. The van der Waals surface area contributed by atoms with E-state index in [9.17, 15) is 19.7 Å². The average molecular weight is 444 g/mol. The van der Waals surface area contributed by atoms with Crippen molar-refractivity contribution in [3.05, 3.63) is 73.1 Å². The van der Waals surface area contributed by atoms with Crippen LogP contribution in [0.1, 0.15) is 9.75 Å². The van der Waals surface area contributed by atoms with Crippen LogP contribution in [0, 0.1) is 10.1 Å². The van der Waals surface area contributed by atoms with Gasteiger partial charge < -0.3 is 14.8 Å². The number of carbonyl (C=O) groups excluding carboxylic acids is 2. The van der Waals surface area contributed by atoms with Crippen LogP contribution in [0.25, 0.3) is 11.6 Å². The summed E-state index contributed by atoms with van der Waals surface area (Å²) >= 11 is 2.85. The number of non-ortho nitro benzene ring substituents is 1. The van der Waals surface area contributed by atoms with Crippen LogP contribution in [0.15, 0.2) is 53.2 Å². The van der Waals surface area contributed by atoms with Crippen LogP contribution in [-0.4, -0.2) is 30.5 Å². The second-order valence-electron chi connectivity index (χ2n) is 5.82. The molecule has 0 saturated carbocycles. The van der Waals surface area contributed by atoms with E-state index in [-0.39, 0.29) is 17.1 Å². The summed E-state index contributed by atoms with van der Waals surface area (Å²) in [4.78, 5) is 36.8. The number of methoxy groups -OCH3 is 1. The van der Waals surface area contributed by atoms with Gasteiger partial charge in [0.15, 0.2) is 6.61 Å². The minimum atomic E-state index is -0.649. The number of nitro benzene ring substituents is 1. The van der Waals surface area contributed by atoms with Crippen molar-refractivity contribution >= 4 is 57.6 Å². The molecule has 3 rings (SSSR count). The van der Waals surface area contributed by atoms with E-state index in [2.05, 4.69) is 5.32 Å². The summed E-state index contributed by atoms with van der Waals surface area (Å²) in [6.45, 7) is -0.558. The molecule has 0 fully saturated rings. The minimum Gasteiger partial charge on any atom is -0.495 e. The highest BCUT2D eigenvalue weighted by molar-refractivity contribution is 7.12. The molecule has 154 valence electrons. The third kappa shape index (κ3) is 5.31. The van der Waals surface area contributed by atoms with Crippen molar-refractivity contribution in [2.75, 3.05) is 19.0 Å². The Kier molecular flexibility index (Phi) is 6.94. The first kappa shape index (κ1) is 21.2. The zero-order chi connectivity index (χ0) is 21.5. The fraction of sp³-hybridized carbons (Fsp3) is 0.100. The number of carbonyl (C=O) groups is 2. The molecule has 0 spiro atoms. The largest absolute Gasteiger partial charge is 0.495 e. The van der Waals surface area contributed by atoms with E-state index >= 15 is 0 Å². The lowest BCUT2D eigenvalue weighted by Gasteiger charge is -2.11. The molecule has 2 heterocycles. The summed E-state index contributed by atoms with van der Waals surface area (Å²) in [6.07, 6.45) is 1.71. The van der Waals surface area contributed by atoms with Gasteiger partial charge in [-0.05, 0) is 35.0 Å². The Bertz CT molecular complexity index is 1070. The van der Waals surface area contributed by atoms with Gasteiger partial charge in [0.1, 0.15) is 5.75 Å². The number of rotatable bonds is 8. The standard InChI is InChI=1S/C20H16N2O6S2/c1-27-17-7-6-13(22(25)26)10-16(17)21-19(23)12-28-20(24)15(18-5-3-9-30-18)11-14-4-2-8-29-14/h2-11H,12H2,1H3,(H,21,23)/b15-11+. The van der Waals surface area contributed by atoms with Crippen molar-refractivity contribution in [3.63, 3.8) is 0 Å². The molecule has 8 nitrogen and oxygen atoms in total. The molecular formula is C20H16N2O6S2. The minimum absolute atomic E-state index is 0.111. The molecule has 0 aliphatic carbocycles. The Balaban J connectivity index is 1.70. The Morgan fingerprint density at radius 3 is 2.57 bits per heavy atom. The van der Waals surface area contributed by atoms with Crippen LogP contribution in [0.2, 0.25) is 0 Å². The lowest BCUT2D eigenvalue weighted by molar-refractivity contribution is -0.384. The summed E-state index contributed by atoms with van der Waals surface area (Å²) < 4.78 is 10.3. The molecule has 0 bridgehead atoms. The van der Waals surface area contributed by atoms with Crippen molar-refractivity contribution in [3.8, 4) is 5.75 Å². The van der Waals surface area contributed by atoms with Gasteiger partial charge in [0.05, 0.1) is 23.3 Å². The Hall–Kier alpha value is -3.50. The number of amides is 1. The zero-order valence-corrected chi connectivity index (χ0v) is 17.3. The van der Waals surface area contributed by atoms with Crippen LogP contribution >= 0.6 is 22.7 Å². The van der Waals surface area contributed by atoms with Gasteiger partial charge in [0, 0.05) is 21.9 Å². The lowest BCUT2D eigenvalue weighted by atomic mass is 10.2. The summed E-state index contributed by atoms with van der Waals surface area (Å²) in [5, 5.41) is 17.2. The van der Waals surface area contributed by atoms with Crippen molar-refractivity contribution in [1.29, 1.82) is 0 Å². The maximum Gasteiger partial charge on any atom is 0.340 e. The highest BCUT2D eigenvalue weighted by Crippen LogP contribution is 2.29. The first-order valence-electron chi connectivity index (χ1n) is 8.56. The maximum absolute atomic E-state index is 12.6. The van der Waals surface area contributed by atoms with E-state index in [1.165, 1.54) is 48.0 Å². The van der Waals surface area contributed by atoms with E-state index in [1.807, 2.05) is 29.0 Å². The Labute approximate surface area is 179 Å². The highest BCUT2D eigenvalue weighted by Gasteiger charge is 2.18. The van der Waals surface area contributed by atoms with Crippen molar-refractivity contribution in [1.82, 2.24) is 0 Å². The smallest absolute Gasteiger partial charge is 0.340 e. The second kappa shape index (κ2) is 9.81. The van der Waals surface area contributed by atoms with E-state index < -0.39 is 23.4 Å². The molecule has 1 aromatic carbocycles. The molecule has 2 aromatic heterocycles. The van der Waals surface area contributed by atoms with Crippen LogP contribution in [-0.2, 0) is 14.3 Å². The molecule has 0 atom stereocenters. The monoisotopic (exact) mass is 444 g/mol. The van der Waals surface area contributed by atoms with Gasteiger partial charge >= 0.3 is 5.97 Å². The van der Waals surface area contributed by atoms with E-state index in [1.54, 1.807) is 12.1 Å². The normalized spacial score (nSPS) is 11.0. The van der Waals surface area contributed by atoms with E-state index in [0.29, 0.717) is 10.5 Å². The van der Waals surface area contributed by atoms with Crippen LogP contribution in [0.5, 0.6) is 5.75 Å². The number of thiophene rings is 2. The van der Waals surface area contributed by atoms with Crippen molar-refractivity contribution < 1.29 is 24.0 Å². The molecule has 0 unspecified atom stereocenters. The molecule has 10 heteroatoms. The molecule has 0 saturated heterocycles. The van der Waals surface area contributed by atoms with Gasteiger partial charge in [0.2, 0.25) is 0 Å².